The van der Waals surface area contributed by atoms with Gasteiger partial charge in [-0.1, -0.05) is 0 Å². The highest BCUT2D eigenvalue weighted by molar-refractivity contribution is 7.80. The molecule has 138 valence electrons. The fourth-order valence-electron chi connectivity index (χ4n) is 3.32. The highest BCUT2D eigenvalue weighted by atomic mass is 32.1. The monoisotopic (exact) mass is 364 g/mol. The molecule has 1 unspecified atom stereocenters. The number of hydrogen-bond acceptors (Lipinski definition) is 6. The molecule has 0 bridgehead atoms. The molecule has 3 rings (SSSR count). The molecule has 25 heavy (non-hydrogen) atoms. The quantitative estimate of drug-likeness (QED) is 0.787. The summed E-state index contributed by atoms with van der Waals surface area (Å²) in [6.45, 7) is 9.26. The molecule has 0 aromatic carbocycles. The van der Waals surface area contributed by atoms with Crippen molar-refractivity contribution in [2.24, 2.45) is 0 Å². The zero-order valence-corrected chi connectivity index (χ0v) is 15.9. The Bertz CT molecular complexity index is 593. The molecule has 0 spiro atoms. The fourth-order valence-corrected chi connectivity index (χ4v) is 3.56. The second-order valence-electron chi connectivity index (χ2n) is 6.53. The van der Waals surface area contributed by atoms with Crippen molar-refractivity contribution < 1.29 is 4.74 Å². The molecule has 2 aliphatic heterocycles. The van der Waals surface area contributed by atoms with Crippen molar-refractivity contribution >= 4 is 34.9 Å². The molecule has 8 heteroatoms. The van der Waals surface area contributed by atoms with E-state index in [1.807, 2.05) is 6.92 Å². The van der Waals surface area contributed by atoms with E-state index < -0.39 is 0 Å². The van der Waals surface area contributed by atoms with Crippen LogP contribution in [0.2, 0.25) is 0 Å². The molecule has 0 aliphatic carbocycles. The number of nitrogens with zero attached hydrogens (tertiary/aromatic N) is 4. The lowest BCUT2D eigenvalue weighted by atomic mass is 10.0. The number of ether oxygens (including phenoxy) is 1. The summed E-state index contributed by atoms with van der Waals surface area (Å²) >= 11 is 5.31. The summed E-state index contributed by atoms with van der Waals surface area (Å²) in [6.07, 6.45) is 3.70. The minimum absolute atomic E-state index is 0.495. The van der Waals surface area contributed by atoms with Gasteiger partial charge in [-0.15, -0.1) is 0 Å². The first-order valence-electron chi connectivity index (χ1n) is 9.20. The van der Waals surface area contributed by atoms with Gasteiger partial charge in [-0.2, -0.15) is 9.97 Å². The predicted molar refractivity (Wildman–Crippen MR) is 106 cm³/mol. The van der Waals surface area contributed by atoms with Crippen LogP contribution < -0.4 is 20.4 Å². The second-order valence-corrected chi connectivity index (χ2v) is 6.94. The molecular weight excluding hydrogens is 336 g/mol. The first-order chi connectivity index (χ1) is 12.2. The maximum atomic E-state index is 5.47. The Hall–Kier alpha value is -1.67. The van der Waals surface area contributed by atoms with E-state index in [1.165, 1.54) is 19.3 Å². The number of morpholine rings is 1. The Morgan fingerprint density at radius 1 is 1.24 bits per heavy atom. The van der Waals surface area contributed by atoms with Crippen LogP contribution in [0.4, 0.5) is 17.6 Å². The minimum atomic E-state index is 0.495. The lowest BCUT2D eigenvalue weighted by molar-refractivity contribution is 0.122. The van der Waals surface area contributed by atoms with E-state index >= 15 is 0 Å². The highest BCUT2D eigenvalue weighted by Gasteiger charge is 2.23. The zero-order chi connectivity index (χ0) is 17.6. The topological polar surface area (TPSA) is 65.6 Å². The van der Waals surface area contributed by atoms with Crippen LogP contribution in [0.1, 0.15) is 33.1 Å². The van der Waals surface area contributed by atoms with Gasteiger partial charge in [0.05, 0.1) is 13.2 Å². The lowest BCUT2D eigenvalue weighted by Crippen LogP contribution is -2.40. The van der Waals surface area contributed by atoms with Gasteiger partial charge in [0.1, 0.15) is 11.6 Å². The van der Waals surface area contributed by atoms with Gasteiger partial charge >= 0.3 is 0 Å². The van der Waals surface area contributed by atoms with Crippen molar-refractivity contribution in [3.8, 4) is 0 Å². The Balaban J connectivity index is 1.88. The normalized spacial score (nSPS) is 21.1. The Kier molecular flexibility index (Phi) is 6.25. The van der Waals surface area contributed by atoms with Gasteiger partial charge in [-0.3, -0.25) is 0 Å². The van der Waals surface area contributed by atoms with E-state index in [2.05, 4.69) is 33.4 Å². The SMILES string of the molecule is CCNC(=S)Nc1nc(N2CCOCC2)cc(N2CCCCC2C)n1. The molecule has 1 atom stereocenters. The third kappa shape index (κ3) is 4.70. The summed E-state index contributed by atoms with van der Waals surface area (Å²) in [4.78, 5) is 14.1. The first kappa shape index (κ1) is 18.1. The van der Waals surface area contributed by atoms with E-state index in [0.717, 1.165) is 51.0 Å². The number of aromatic nitrogens is 2. The Labute approximate surface area is 155 Å². The smallest absolute Gasteiger partial charge is 0.232 e. The van der Waals surface area contributed by atoms with Crippen LogP contribution in [0.5, 0.6) is 0 Å². The van der Waals surface area contributed by atoms with Crippen molar-refractivity contribution in [2.75, 3.05) is 54.5 Å². The van der Waals surface area contributed by atoms with Crippen molar-refractivity contribution in [1.82, 2.24) is 15.3 Å². The minimum Gasteiger partial charge on any atom is -0.378 e. The van der Waals surface area contributed by atoms with Gasteiger partial charge in [0.2, 0.25) is 5.95 Å². The fraction of sp³-hybridized carbons (Fsp3) is 0.706. The zero-order valence-electron chi connectivity index (χ0n) is 15.1. The summed E-state index contributed by atoms with van der Waals surface area (Å²) in [7, 11) is 0. The summed E-state index contributed by atoms with van der Waals surface area (Å²) in [5.74, 6) is 2.47. The Morgan fingerprint density at radius 3 is 2.72 bits per heavy atom. The van der Waals surface area contributed by atoms with Crippen LogP contribution in [-0.4, -0.2) is 60.5 Å². The maximum absolute atomic E-state index is 5.47. The third-order valence-corrected chi connectivity index (χ3v) is 4.94. The largest absolute Gasteiger partial charge is 0.378 e. The van der Waals surface area contributed by atoms with E-state index in [1.54, 1.807) is 0 Å². The van der Waals surface area contributed by atoms with E-state index in [0.29, 0.717) is 17.1 Å². The molecule has 0 saturated carbocycles. The van der Waals surface area contributed by atoms with E-state index in [4.69, 9.17) is 26.9 Å². The number of hydrogen-bond donors (Lipinski definition) is 2. The molecular formula is C17H28N6OS. The predicted octanol–water partition coefficient (Wildman–Crippen LogP) is 2.00. The number of thiocarbonyl (C=S) groups is 1. The van der Waals surface area contributed by atoms with Gasteiger partial charge in [-0.05, 0) is 45.3 Å². The first-order valence-corrected chi connectivity index (χ1v) is 9.61. The summed E-state index contributed by atoms with van der Waals surface area (Å²) in [6, 6.07) is 2.60. The number of piperidine rings is 1. The average Bonchev–Trinajstić information content (AvgIpc) is 2.63. The molecule has 2 fully saturated rings. The summed E-state index contributed by atoms with van der Waals surface area (Å²) in [5.41, 5.74) is 0. The van der Waals surface area contributed by atoms with Crippen LogP contribution in [0, 0.1) is 0 Å². The molecule has 1 aromatic heterocycles. The van der Waals surface area contributed by atoms with E-state index in [9.17, 15) is 0 Å². The molecule has 0 amide bonds. The lowest BCUT2D eigenvalue weighted by Gasteiger charge is -2.35. The van der Waals surface area contributed by atoms with Gasteiger partial charge in [0.25, 0.3) is 0 Å². The number of rotatable bonds is 4. The van der Waals surface area contributed by atoms with Crippen LogP contribution in [-0.2, 0) is 4.74 Å². The molecule has 2 N–H and O–H groups in total. The molecule has 1 aromatic rings. The van der Waals surface area contributed by atoms with Crippen molar-refractivity contribution in [1.29, 1.82) is 0 Å². The van der Waals surface area contributed by atoms with Gasteiger partial charge in [0, 0.05) is 38.3 Å². The van der Waals surface area contributed by atoms with Gasteiger partial charge in [-0.25, -0.2) is 0 Å². The number of nitrogens with one attached hydrogen (secondary N) is 2. The standard InChI is InChI=1S/C17H28N6OS/c1-3-18-17(25)21-16-19-14(22-8-10-24-11-9-22)12-15(20-16)23-7-5-4-6-13(23)2/h12-13H,3-11H2,1-2H3,(H2,18,19,20,21,25). The molecule has 3 heterocycles. The van der Waals surface area contributed by atoms with Crippen molar-refractivity contribution in [2.45, 2.75) is 39.2 Å². The van der Waals surface area contributed by atoms with Crippen molar-refractivity contribution in [3.05, 3.63) is 6.07 Å². The maximum Gasteiger partial charge on any atom is 0.232 e. The molecule has 2 saturated heterocycles. The molecule has 2 aliphatic rings. The van der Waals surface area contributed by atoms with Crippen LogP contribution in [0.3, 0.4) is 0 Å². The van der Waals surface area contributed by atoms with Crippen LogP contribution in [0.15, 0.2) is 6.07 Å². The second kappa shape index (κ2) is 8.62. The highest BCUT2D eigenvalue weighted by Crippen LogP contribution is 2.27. The van der Waals surface area contributed by atoms with Gasteiger partial charge in [0.15, 0.2) is 5.11 Å². The molecule has 0 radical (unpaired) electrons. The average molecular weight is 365 g/mol. The van der Waals surface area contributed by atoms with E-state index in [-0.39, 0.29) is 0 Å². The number of anilines is 3. The Morgan fingerprint density at radius 2 is 2.00 bits per heavy atom. The van der Waals surface area contributed by atoms with Gasteiger partial charge < -0.3 is 25.2 Å². The summed E-state index contributed by atoms with van der Waals surface area (Å²) in [5, 5.41) is 6.78. The molecule has 7 nitrogen and oxygen atoms in total. The van der Waals surface area contributed by atoms with Crippen LogP contribution >= 0.6 is 12.2 Å². The van der Waals surface area contributed by atoms with Crippen molar-refractivity contribution in [3.63, 3.8) is 0 Å². The summed E-state index contributed by atoms with van der Waals surface area (Å²) < 4.78 is 5.47. The van der Waals surface area contributed by atoms with Crippen LogP contribution in [0.25, 0.3) is 0 Å². The third-order valence-electron chi connectivity index (χ3n) is 4.69.